The lowest BCUT2D eigenvalue weighted by Crippen LogP contribution is -2.46. The van der Waals surface area contributed by atoms with Crippen molar-refractivity contribution < 1.29 is 22.7 Å². The molecular formula is C36H44ClN3O5S. The first-order valence-corrected chi connectivity index (χ1v) is 18.6. The minimum atomic E-state index is -3.77. The fraction of sp³-hybridized carbons (Fsp3) is 0.472. The van der Waals surface area contributed by atoms with Crippen molar-refractivity contribution in [3.63, 3.8) is 0 Å². The molecule has 1 aliphatic carbocycles. The molecule has 0 radical (unpaired) electrons. The van der Waals surface area contributed by atoms with Gasteiger partial charge >= 0.3 is 0 Å². The van der Waals surface area contributed by atoms with Gasteiger partial charge in [-0.2, -0.15) is 0 Å². The van der Waals surface area contributed by atoms with Crippen molar-refractivity contribution in [2.75, 3.05) is 36.2 Å². The molecule has 8 nitrogen and oxygen atoms in total. The van der Waals surface area contributed by atoms with Crippen LogP contribution in [-0.4, -0.2) is 46.3 Å². The second kappa shape index (κ2) is 14.6. The van der Waals surface area contributed by atoms with E-state index < -0.39 is 15.9 Å². The Kier molecular flexibility index (Phi) is 10.3. The number of sulfonamides is 1. The smallest absolute Gasteiger partial charge is 0.264 e. The van der Waals surface area contributed by atoms with Crippen LogP contribution in [0.4, 0.5) is 11.4 Å². The number of anilines is 2. The van der Waals surface area contributed by atoms with E-state index in [0.29, 0.717) is 36.2 Å². The van der Waals surface area contributed by atoms with Crippen LogP contribution in [0.5, 0.6) is 11.5 Å². The van der Waals surface area contributed by atoms with Crippen LogP contribution in [0.15, 0.2) is 60.7 Å². The van der Waals surface area contributed by atoms with E-state index in [9.17, 15) is 13.2 Å². The first-order valence-electron chi connectivity index (χ1n) is 16.5. The average molecular weight is 666 g/mol. The van der Waals surface area contributed by atoms with Crippen molar-refractivity contribution in [2.45, 2.75) is 70.4 Å². The summed E-state index contributed by atoms with van der Waals surface area (Å²) in [5, 5.41) is 4.55. The number of hydrogen-bond acceptors (Lipinski definition) is 7. The average Bonchev–Trinajstić information content (AvgIpc) is 3.05. The Morgan fingerprint density at radius 3 is 2.57 bits per heavy atom. The molecule has 246 valence electrons. The van der Waals surface area contributed by atoms with Gasteiger partial charge in [-0.05, 0) is 123 Å². The Bertz CT molecular complexity index is 1630. The van der Waals surface area contributed by atoms with Crippen LogP contribution in [0.1, 0.15) is 72.9 Å². The molecular weight excluding hydrogens is 622 g/mol. The summed E-state index contributed by atoms with van der Waals surface area (Å²) in [4.78, 5) is 15.6. The monoisotopic (exact) mass is 665 g/mol. The second-order valence-electron chi connectivity index (χ2n) is 12.9. The highest BCUT2D eigenvalue weighted by Gasteiger charge is 2.38. The third kappa shape index (κ3) is 7.92. The van der Waals surface area contributed by atoms with E-state index in [1.165, 1.54) is 5.56 Å². The van der Waals surface area contributed by atoms with Gasteiger partial charge in [-0.1, -0.05) is 30.5 Å². The highest BCUT2D eigenvalue weighted by Crippen LogP contribution is 2.42. The number of carbonyl (C=O) groups excluding carboxylic acids is 1. The van der Waals surface area contributed by atoms with Gasteiger partial charge in [0.25, 0.3) is 5.91 Å². The molecule has 10 heteroatoms. The number of methoxy groups -OCH3 is 1. The predicted molar refractivity (Wildman–Crippen MR) is 184 cm³/mol. The molecule has 2 bridgehead atoms. The Balaban J connectivity index is 1.33. The van der Waals surface area contributed by atoms with Gasteiger partial charge in [-0.3, -0.25) is 4.79 Å². The van der Waals surface area contributed by atoms with E-state index in [1.807, 2.05) is 42.5 Å². The Hall–Kier alpha value is -3.43. The first kappa shape index (κ1) is 32.5. The van der Waals surface area contributed by atoms with E-state index in [0.717, 1.165) is 92.2 Å². The molecule has 2 N–H and O–H groups in total. The van der Waals surface area contributed by atoms with Gasteiger partial charge in [0.15, 0.2) is 0 Å². The van der Waals surface area contributed by atoms with Crippen molar-refractivity contribution in [1.82, 2.24) is 4.72 Å². The molecule has 1 fully saturated rings. The maximum atomic E-state index is 13.2. The molecule has 46 heavy (non-hydrogen) atoms. The van der Waals surface area contributed by atoms with Gasteiger partial charge in [-0.25, -0.2) is 13.1 Å². The molecule has 6 rings (SSSR count). The lowest BCUT2D eigenvalue weighted by molar-refractivity contribution is 0.0981. The van der Waals surface area contributed by atoms with Crippen molar-refractivity contribution in [2.24, 2.45) is 11.8 Å². The zero-order chi connectivity index (χ0) is 32.1. The molecule has 1 saturated carbocycles. The molecule has 0 spiro atoms. The number of aryl methyl sites for hydroxylation is 1. The van der Waals surface area contributed by atoms with Crippen molar-refractivity contribution in [3.8, 4) is 11.5 Å². The fourth-order valence-electron chi connectivity index (χ4n) is 7.09. The van der Waals surface area contributed by atoms with Crippen molar-refractivity contribution in [1.29, 1.82) is 0 Å². The number of fused-ring (bicyclic) bond motifs is 3. The molecule has 0 saturated heterocycles. The molecule has 2 heterocycles. The van der Waals surface area contributed by atoms with Crippen LogP contribution >= 0.6 is 11.6 Å². The summed E-state index contributed by atoms with van der Waals surface area (Å²) in [5.74, 6) is 1.77. The summed E-state index contributed by atoms with van der Waals surface area (Å²) >= 11 is 6.35. The molecule has 3 atom stereocenters. The maximum Gasteiger partial charge on any atom is 0.264 e. The third-order valence-corrected chi connectivity index (χ3v) is 11.4. The number of ether oxygens (including phenoxy) is 2. The van der Waals surface area contributed by atoms with Crippen LogP contribution in [0.2, 0.25) is 5.02 Å². The van der Waals surface area contributed by atoms with Crippen LogP contribution in [-0.2, 0) is 23.1 Å². The normalized spacial score (nSPS) is 23.7. The lowest BCUT2D eigenvalue weighted by atomic mass is 9.68. The van der Waals surface area contributed by atoms with Crippen molar-refractivity contribution in [3.05, 3.63) is 82.4 Å². The number of nitrogens with one attached hydrogen (secondary N) is 2. The summed E-state index contributed by atoms with van der Waals surface area (Å²) in [6.45, 7) is 2.02. The van der Waals surface area contributed by atoms with Gasteiger partial charge < -0.3 is 19.7 Å². The quantitative estimate of drug-likeness (QED) is 0.305. The lowest BCUT2D eigenvalue weighted by Gasteiger charge is -2.45. The molecule has 3 aromatic carbocycles. The topological polar surface area (TPSA) is 97.0 Å². The molecule has 2 aliphatic heterocycles. The molecule has 1 amide bonds. The minimum Gasteiger partial charge on any atom is -0.497 e. The van der Waals surface area contributed by atoms with Gasteiger partial charge in [0.2, 0.25) is 10.0 Å². The molecule has 3 aliphatic rings. The number of benzene rings is 3. The van der Waals surface area contributed by atoms with E-state index in [-0.39, 0.29) is 11.8 Å². The third-order valence-electron chi connectivity index (χ3n) is 9.80. The largest absolute Gasteiger partial charge is 0.497 e. The SMILES string of the molecule is COc1ccc(N[C@@H]2CCCCCS(=O)(=O)NC(=O)c3ccc4c(c3)N(CCCCc3cc(Cl)ccc3CO4)C[C@@H]3CC[C@H]32)cc1. The minimum absolute atomic E-state index is 0.0784. The van der Waals surface area contributed by atoms with Gasteiger partial charge in [0.1, 0.15) is 18.1 Å². The van der Waals surface area contributed by atoms with Crippen molar-refractivity contribution >= 4 is 38.9 Å². The maximum absolute atomic E-state index is 13.2. The summed E-state index contributed by atoms with van der Waals surface area (Å²) in [6.07, 6.45) is 8.29. The van der Waals surface area contributed by atoms with Gasteiger partial charge in [0.05, 0.1) is 18.6 Å². The highest BCUT2D eigenvalue weighted by atomic mass is 35.5. The summed E-state index contributed by atoms with van der Waals surface area (Å²) in [6, 6.07) is 19.6. The summed E-state index contributed by atoms with van der Waals surface area (Å²) in [5.41, 5.74) is 4.50. The van der Waals surface area contributed by atoms with Crippen LogP contribution in [0.3, 0.4) is 0 Å². The summed E-state index contributed by atoms with van der Waals surface area (Å²) < 4.78 is 39.9. The number of amides is 1. The van der Waals surface area contributed by atoms with Crippen LogP contribution in [0.25, 0.3) is 0 Å². The Morgan fingerprint density at radius 2 is 1.78 bits per heavy atom. The van der Waals surface area contributed by atoms with Crippen LogP contribution < -0.4 is 24.4 Å². The van der Waals surface area contributed by atoms with E-state index >= 15 is 0 Å². The number of carbonyl (C=O) groups is 1. The number of nitrogens with zero attached hydrogens (tertiary/aromatic N) is 1. The first-order chi connectivity index (χ1) is 22.3. The van der Waals surface area contributed by atoms with Crippen LogP contribution in [0, 0.1) is 11.8 Å². The van der Waals surface area contributed by atoms with Gasteiger partial charge in [-0.15, -0.1) is 0 Å². The zero-order valence-corrected chi connectivity index (χ0v) is 28.0. The van der Waals surface area contributed by atoms with E-state index in [1.54, 1.807) is 13.2 Å². The number of rotatable bonds is 3. The van der Waals surface area contributed by atoms with Gasteiger partial charge in [0, 0.05) is 35.4 Å². The standard InChI is InChI=1S/C36H44ClN3O5S/c1-44-31-15-13-30(14-16-31)38-33-8-3-2-6-20-46(42,43)39-36(41)26-11-18-35-34(22-26)40(23-27-10-17-32(27)33)19-5-4-7-25-21-29(37)12-9-28(25)24-45-35/h9,11-16,18,21-22,27,32-33,38H,2-8,10,17,19-20,23-24H2,1H3,(H,39,41)/t27-,32+,33+/m0/s1. The molecule has 0 aromatic heterocycles. The number of hydrogen-bond donors (Lipinski definition) is 2. The fourth-order valence-corrected chi connectivity index (χ4v) is 8.37. The Morgan fingerprint density at radius 1 is 0.935 bits per heavy atom. The second-order valence-corrected chi connectivity index (χ2v) is 15.1. The van der Waals surface area contributed by atoms with E-state index in [2.05, 4.69) is 27.1 Å². The predicted octanol–water partition coefficient (Wildman–Crippen LogP) is 7.21. The Labute approximate surface area is 277 Å². The summed E-state index contributed by atoms with van der Waals surface area (Å²) in [7, 11) is -2.10. The highest BCUT2D eigenvalue weighted by molar-refractivity contribution is 7.90. The zero-order valence-electron chi connectivity index (χ0n) is 26.5. The molecule has 0 unspecified atom stereocenters. The van der Waals surface area contributed by atoms with E-state index in [4.69, 9.17) is 21.1 Å². The number of halogens is 1. The molecule has 3 aromatic rings.